The molecular weight excluding hydrogens is 396 g/mol. The average Bonchev–Trinajstić information content (AvgIpc) is 2.83. The summed E-state index contributed by atoms with van der Waals surface area (Å²) in [6.45, 7) is 1.85. The Labute approximate surface area is 171 Å². The van der Waals surface area contributed by atoms with E-state index in [1.54, 1.807) is 24.0 Å². The molecule has 0 aliphatic carbocycles. The van der Waals surface area contributed by atoms with Crippen molar-refractivity contribution >= 4 is 22.0 Å². The summed E-state index contributed by atoms with van der Waals surface area (Å²) >= 11 is 0. The number of urea groups is 1. The van der Waals surface area contributed by atoms with Crippen LogP contribution in [-0.2, 0) is 21.4 Å². The molecule has 2 aliphatic heterocycles. The number of likely N-dealkylation sites (tertiary alicyclic amines) is 1. The number of nitrogens with zero attached hydrogens (tertiary/aromatic N) is 3. The quantitative estimate of drug-likeness (QED) is 0.751. The van der Waals surface area contributed by atoms with Crippen molar-refractivity contribution in [1.29, 1.82) is 0 Å². The van der Waals surface area contributed by atoms with Crippen molar-refractivity contribution in [2.75, 3.05) is 53.1 Å². The molecule has 9 nitrogen and oxygen atoms in total. The lowest BCUT2D eigenvalue weighted by Crippen LogP contribution is -2.47. The van der Waals surface area contributed by atoms with Gasteiger partial charge in [-0.3, -0.25) is 4.79 Å². The molecule has 3 amide bonds. The van der Waals surface area contributed by atoms with Crippen molar-refractivity contribution in [3.8, 4) is 5.75 Å². The minimum absolute atomic E-state index is 0.0288. The van der Waals surface area contributed by atoms with Gasteiger partial charge in [0.1, 0.15) is 5.75 Å². The zero-order valence-electron chi connectivity index (χ0n) is 17.1. The van der Waals surface area contributed by atoms with E-state index in [1.165, 1.54) is 10.6 Å². The first-order valence-electron chi connectivity index (χ1n) is 9.47. The fourth-order valence-corrected chi connectivity index (χ4v) is 4.95. The molecule has 0 unspecified atom stereocenters. The smallest absolute Gasteiger partial charge is 0.317 e. The van der Waals surface area contributed by atoms with Crippen LogP contribution in [0.1, 0.15) is 12.0 Å². The third-order valence-electron chi connectivity index (χ3n) is 5.54. The number of hydrogen-bond acceptors (Lipinski definition) is 5. The van der Waals surface area contributed by atoms with E-state index in [0.29, 0.717) is 19.6 Å². The molecule has 10 heteroatoms. The van der Waals surface area contributed by atoms with Gasteiger partial charge in [-0.05, 0) is 17.7 Å². The maximum atomic E-state index is 12.8. The van der Waals surface area contributed by atoms with Crippen LogP contribution in [0.5, 0.6) is 5.75 Å². The van der Waals surface area contributed by atoms with Crippen molar-refractivity contribution in [3.63, 3.8) is 0 Å². The molecule has 0 radical (unpaired) electrons. The van der Waals surface area contributed by atoms with Gasteiger partial charge < -0.3 is 19.9 Å². The molecule has 1 spiro atoms. The molecule has 1 atom stereocenters. The number of hydrogen-bond donors (Lipinski definition) is 1. The first kappa shape index (κ1) is 21.4. The molecule has 0 aromatic heterocycles. The Kier molecular flexibility index (Phi) is 6.04. The van der Waals surface area contributed by atoms with Crippen molar-refractivity contribution in [2.24, 2.45) is 5.41 Å². The highest BCUT2D eigenvalue weighted by Gasteiger charge is 2.47. The Bertz CT molecular complexity index is 873. The second kappa shape index (κ2) is 8.19. The van der Waals surface area contributed by atoms with Crippen molar-refractivity contribution in [3.05, 3.63) is 29.8 Å². The van der Waals surface area contributed by atoms with E-state index in [-0.39, 0.29) is 38.0 Å². The van der Waals surface area contributed by atoms with Gasteiger partial charge in [0.15, 0.2) is 0 Å². The van der Waals surface area contributed by atoms with Crippen molar-refractivity contribution in [2.45, 2.75) is 13.0 Å². The van der Waals surface area contributed by atoms with E-state index in [2.05, 4.69) is 5.32 Å². The Balaban J connectivity index is 1.72. The predicted octanol–water partition coefficient (Wildman–Crippen LogP) is 0.331. The van der Waals surface area contributed by atoms with Crippen LogP contribution in [0.4, 0.5) is 4.79 Å². The number of carbonyl (C=O) groups excluding carboxylic acids is 2. The van der Waals surface area contributed by atoms with Crippen LogP contribution in [0.2, 0.25) is 0 Å². The van der Waals surface area contributed by atoms with Gasteiger partial charge in [-0.15, -0.1) is 0 Å². The van der Waals surface area contributed by atoms with Gasteiger partial charge in [0.05, 0.1) is 13.4 Å². The zero-order valence-corrected chi connectivity index (χ0v) is 17.9. The highest BCUT2D eigenvalue weighted by molar-refractivity contribution is 7.88. The summed E-state index contributed by atoms with van der Waals surface area (Å²) in [5.74, 6) is 0.712. The third kappa shape index (κ3) is 4.99. The molecule has 1 aromatic carbocycles. The topological polar surface area (TPSA) is 99.3 Å². The van der Waals surface area contributed by atoms with E-state index in [9.17, 15) is 18.0 Å². The van der Waals surface area contributed by atoms with E-state index in [4.69, 9.17) is 4.74 Å². The van der Waals surface area contributed by atoms with Crippen LogP contribution >= 0.6 is 0 Å². The Morgan fingerprint density at radius 3 is 2.41 bits per heavy atom. The molecule has 0 bridgehead atoms. The van der Waals surface area contributed by atoms with Crippen LogP contribution in [0, 0.1) is 5.41 Å². The van der Waals surface area contributed by atoms with Gasteiger partial charge in [0, 0.05) is 58.2 Å². The SMILES string of the molecule is COc1ccc(CNC(=O)N2CCN(S(C)(=O)=O)C[C@@]3(CC(=O)N(C)C3)C2)cc1. The Morgan fingerprint density at radius 1 is 1.17 bits per heavy atom. The first-order valence-corrected chi connectivity index (χ1v) is 11.3. The standard InChI is InChI=1S/C19H28N4O5S/c1-21-12-19(10-17(21)24)13-22(8-9-23(14-19)29(3,26)27)18(25)20-11-15-4-6-16(28-2)7-5-15/h4-7H,8-14H2,1-3H3,(H,20,25)/t19-/m1/s1. The fraction of sp³-hybridized carbons (Fsp3) is 0.579. The maximum Gasteiger partial charge on any atom is 0.317 e. The number of sulfonamides is 1. The predicted molar refractivity (Wildman–Crippen MR) is 108 cm³/mol. The number of rotatable bonds is 4. The second-order valence-corrected chi connectivity index (χ2v) is 9.93. The van der Waals surface area contributed by atoms with Crippen LogP contribution in [-0.4, -0.2) is 87.6 Å². The van der Waals surface area contributed by atoms with Crippen LogP contribution in [0.3, 0.4) is 0 Å². The van der Waals surface area contributed by atoms with E-state index in [0.717, 1.165) is 11.3 Å². The number of amides is 3. The largest absolute Gasteiger partial charge is 0.497 e. The molecule has 29 heavy (non-hydrogen) atoms. The summed E-state index contributed by atoms with van der Waals surface area (Å²) < 4.78 is 30.9. The monoisotopic (exact) mass is 424 g/mol. The lowest BCUT2D eigenvalue weighted by molar-refractivity contribution is -0.126. The third-order valence-corrected chi connectivity index (χ3v) is 6.79. The average molecular weight is 425 g/mol. The molecule has 2 fully saturated rings. The Morgan fingerprint density at radius 2 is 1.86 bits per heavy atom. The molecule has 160 valence electrons. The van der Waals surface area contributed by atoms with Crippen molar-refractivity contribution in [1.82, 2.24) is 19.4 Å². The minimum Gasteiger partial charge on any atom is -0.497 e. The summed E-state index contributed by atoms with van der Waals surface area (Å²) in [5.41, 5.74) is 0.334. The number of carbonyl (C=O) groups is 2. The molecule has 0 saturated carbocycles. The van der Waals surface area contributed by atoms with Gasteiger partial charge in [-0.2, -0.15) is 4.31 Å². The molecule has 2 saturated heterocycles. The van der Waals surface area contributed by atoms with Crippen molar-refractivity contribution < 1.29 is 22.7 Å². The van der Waals surface area contributed by atoms with Crippen LogP contribution < -0.4 is 10.1 Å². The minimum atomic E-state index is -3.43. The first-order chi connectivity index (χ1) is 13.6. The van der Waals surface area contributed by atoms with Gasteiger partial charge in [-0.1, -0.05) is 12.1 Å². The number of nitrogens with one attached hydrogen (secondary N) is 1. The molecule has 3 rings (SSSR count). The highest BCUT2D eigenvalue weighted by Crippen LogP contribution is 2.35. The molecule has 2 heterocycles. The maximum absolute atomic E-state index is 12.8. The van der Waals surface area contributed by atoms with E-state index < -0.39 is 15.4 Å². The van der Waals surface area contributed by atoms with Gasteiger partial charge in [0.25, 0.3) is 0 Å². The van der Waals surface area contributed by atoms with Crippen LogP contribution in [0.25, 0.3) is 0 Å². The number of methoxy groups -OCH3 is 1. The second-order valence-electron chi connectivity index (χ2n) is 7.95. The molecule has 2 aliphatic rings. The van der Waals surface area contributed by atoms with Gasteiger partial charge in [-0.25, -0.2) is 13.2 Å². The van der Waals surface area contributed by atoms with Gasteiger partial charge >= 0.3 is 6.03 Å². The van der Waals surface area contributed by atoms with Gasteiger partial charge in [0.2, 0.25) is 15.9 Å². The molecule has 1 aromatic rings. The van der Waals surface area contributed by atoms with Crippen LogP contribution in [0.15, 0.2) is 24.3 Å². The lowest BCUT2D eigenvalue weighted by Gasteiger charge is -2.32. The molecule has 1 N–H and O–H groups in total. The number of benzene rings is 1. The zero-order chi connectivity index (χ0) is 21.2. The summed E-state index contributed by atoms with van der Waals surface area (Å²) in [5, 5.41) is 2.90. The summed E-state index contributed by atoms with van der Waals surface area (Å²) in [6, 6.07) is 7.13. The lowest BCUT2D eigenvalue weighted by atomic mass is 9.86. The summed E-state index contributed by atoms with van der Waals surface area (Å²) in [6.07, 6.45) is 1.40. The number of ether oxygens (including phenoxy) is 1. The molecular formula is C19H28N4O5S. The summed E-state index contributed by atoms with van der Waals surface area (Å²) in [7, 11) is -0.122. The Hall–Kier alpha value is -2.33. The summed E-state index contributed by atoms with van der Waals surface area (Å²) in [4.78, 5) is 28.3. The van der Waals surface area contributed by atoms with E-state index in [1.807, 2.05) is 24.3 Å². The van der Waals surface area contributed by atoms with E-state index >= 15 is 0 Å². The highest BCUT2D eigenvalue weighted by atomic mass is 32.2. The fourth-order valence-electron chi connectivity index (χ4n) is 4.02. The normalized spacial score (nSPS) is 23.3.